The fraction of sp³-hybridized carbons (Fsp3) is 0.250. The molecule has 15 heavy (non-hydrogen) atoms. The Bertz CT molecular complexity index is 459. The molecule has 0 radical (unpaired) electrons. The Morgan fingerprint density at radius 1 is 1.27 bits per heavy atom. The molecule has 0 aromatic heterocycles. The second kappa shape index (κ2) is 3.47. The average Bonchev–Trinajstić information content (AvgIpc) is 2.46. The van der Waals surface area contributed by atoms with E-state index in [4.69, 9.17) is 11.6 Å². The summed E-state index contributed by atoms with van der Waals surface area (Å²) in [5.74, 6) is 1.06. The summed E-state index contributed by atoms with van der Waals surface area (Å²) in [6, 6.07) is 5.91. The van der Waals surface area contributed by atoms with E-state index < -0.39 is 0 Å². The van der Waals surface area contributed by atoms with Crippen molar-refractivity contribution in [1.29, 1.82) is 0 Å². The molecule has 3 heteroatoms. The second-order valence-corrected chi connectivity index (χ2v) is 4.69. The molecule has 1 heterocycles. The van der Waals surface area contributed by atoms with Crippen LogP contribution in [0.5, 0.6) is 0 Å². The number of aliphatic imine (C=N–C) groups is 1. The van der Waals surface area contributed by atoms with E-state index in [-0.39, 0.29) is 0 Å². The lowest BCUT2D eigenvalue weighted by molar-refractivity contribution is -0.738. The van der Waals surface area contributed by atoms with Crippen LogP contribution in [-0.4, -0.2) is 24.4 Å². The zero-order chi connectivity index (χ0) is 11.1. The van der Waals surface area contributed by atoms with Gasteiger partial charge in [-0.15, -0.1) is 0 Å². The number of rotatable bonds is 1. The smallest absolute Gasteiger partial charge is 0.239 e. The summed E-state index contributed by atoms with van der Waals surface area (Å²) in [5.41, 5.74) is 2.32. The summed E-state index contributed by atoms with van der Waals surface area (Å²) in [6.07, 6.45) is 3.91. The van der Waals surface area contributed by atoms with Crippen molar-refractivity contribution in [1.82, 2.24) is 0 Å². The molecule has 0 unspecified atom stereocenters. The summed E-state index contributed by atoms with van der Waals surface area (Å²) >= 11 is 5.93. The zero-order valence-corrected chi connectivity index (χ0v) is 9.92. The minimum absolute atomic E-state index is 0.683. The normalized spacial score (nSPS) is 18.0. The molecule has 0 bridgehead atoms. The number of nitrogens with zero attached hydrogens (tertiary/aromatic N) is 2. The SMILES string of the molecule is Cc1cc(Cl)ccc1C1=NC=C[N+]1(C)C. The first kappa shape index (κ1) is 10.4. The van der Waals surface area contributed by atoms with E-state index in [2.05, 4.69) is 32.2 Å². The van der Waals surface area contributed by atoms with Gasteiger partial charge in [0.05, 0.1) is 25.9 Å². The Hall–Kier alpha value is -1.12. The van der Waals surface area contributed by atoms with Gasteiger partial charge in [-0.05, 0) is 30.7 Å². The Morgan fingerprint density at radius 2 is 2.00 bits per heavy atom. The van der Waals surface area contributed by atoms with Gasteiger partial charge in [0, 0.05) is 5.02 Å². The van der Waals surface area contributed by atoms with Gasteiger partial charge < -0.3 is 0 Å². The number of aryl methyl sites for hydroxylation is 1. The average molecular weight is 222 g/mol. The van der Waals surface area contributed by atoms with E-state index in [1.54, 1.807) is 0 Å². The lowest BCUT2D eigenvalue weighted by Crippen LogP contribution is -2.38. The van der Waals surface area contributed by atoms with Gasteiger partial charge in [-0.25, -0.2) is 0 Å². The number of halogens is 1. The van der Waals surface area contributed by atoms with Gasteiger partial charge in [-0.2, -0.15) is 4.99 Å². The van der Waals surface area contributed by atoms with Crippen molar-refractivity contribution in [2.75, 3.05) is 14.1 Å². The monoisotopic (exact) mass is 221 g/mol. The highest BCUT2D eigenvalue weighted by atomic mass is 35.5. The number of hydrogen-bond donors (Lipinski definition) is 0. The van der Waals surface area contributed by atoms with Crippen molar-refractivity contribution in [2.24, 2.45) is 4.99 Å². The lowest BCUT2D eigenvalue weighted by atomic mass is 10.1. The van der Waals surface area contributed by atoms with Crippen LogP contribution in [0.3, 0.4) is 0 Å². The topological polar surface area (TPSA) is 12.4 Å². The van der Waals surface area contributed by atoms with Gasteiger partial charge >= 0.3 is 0 Å². The molecule has 1 aliphatic rings. The molecule has 0 saturated carbocycles. The van der Waals surface area contributed by atoms with Crippen molar-refractivity contribution >= 4 is 17.4 Å². The first-order chi connectivity index (χ1) is 7.00. The largest absolute Gasteiger partial charge is 0.252 e. The molecule has 0 fully saturated rings. The van der Waals surface area contributed by atoms with Crippen LogP contribution in [0, 0.1) is 6.92 Å². The summed E-state index contributed by atoms with van der Waals surface area (Å²) in [6.45, 7) is 2.06. The minimum Gasteiger partial charge on any atom is -0.252 e. The van der Waals surface area contributed by atoms with E-state index in [0.717, 1.165) is 22.0 Å². The van der Waals surface area contributed by atoms with Gasteiger partial charge in [0.25, 0.3) is 0 Å². The quantitative estimate of drug-likeness (QED) is 0.647. The lowest BCUT2D eigenvalue weighted by Gasteiger charge is -2.22. The van der Waals surface area contributed by atoms with E-state index in [9.17, 15) is 0 Å². The minimum atomic E-state index is 0.683. The molecular weight excluding hydrogens is 208 g/mol. The molecular formula is C12H14ClN2+. The molecule has 1 aliphatic heterocycles. The first-order valence-corrected chi connectivity index (χ1v) is 5.25. The fourth-order valence-corrected chi connectivity index (χ4v) is 1.97. The predicted molar refractivity (Wildman–Crippen MR) is 64.0 cm³/mol. The van der Waals surface area contributed by atoms with Crippen LogP contribution in [0.2, 0.25) is 5.02 Å². The van der Waals surface area contributed by atoms with E-state index in [0.29, 0.717) is 4.48 Å². The van der Waals surface area contributed by atoms with Gasteiger partial charge in [-0.3, -0.25) is 4.48 Å². The Labute approximate surface area is 95.1 Å². The van der Waals surface area contributed by atoms with Gasteiger partial charge in [0.2, 0.25) is 5.84 Å². The molecule has 0 spiro atoms. The van der Waals surface area contributed by atoms with Crippen molar-refractivity contribution < 1.29 is 4.48 Å². The molecule has 1 aromatic rings. The third-order valence-electron chi connectivity index (χ3n) is 2.61. The van der Waals surface area contributed by atoms with Crippen LogP contribution in [0.15, 0.2) is 35.6 Å². The Morgan fingerprint density at radius 3 is 2.53 bits per heavy atom. The van der Waals surface area contributed by atoms with E-state index >= 15 is 0 Å². The van der Waals surface area contributed by atoms with Crippen LogP contribution in [0.4, 0.5) is 0 Å². The maximum absolute atomic E-state index is 5.93. The zero-order valence-electron chi connectivity index (χ0n) is 9.16. The number of hydrogen-bond acceptors (Lipinski definition) is 1. The van der Waals surface area contributed by atoms with Gasteiger partial charge in [0.1, 0.15) is 6.20 Å². The Balaban J connectivity index is 2.48. The molecule has 2 nitrogen and oxygen atoms in total. The summed E-state index contributed by atoms with van der Waals surface area (Å²) < 4.78 is 0.683. The molecule has 78 valence electrons. The molecule has 0 aliphatic carbocycles. The molecule has 0 atom stereocenters. The number of amidine groups is 1. The van der Waals surface area contributed by atoms with Crippen molar-refractivity contribution in [2.45, 2.75) is 6.92 Å². The van der Waals surface area contributed by atoms with Crippen LogP contribution < -0.4 is 0 Å². The standard InChI is InChI=1S/C12H14ClN2/c1-9-8-10(13)4-5-11(9)12-14-6-7-15(12,2)3/h4-8H,1-3H3/q+1. The highest BCUT2D eigenvalue weighted by molar-refractivity contribution is 6.30. The Kier molecular flexibility index (Phi) is 2.41. The number of benzene rings is 1. The third-order valence-corrected chi connectivity index (χ3v) is 2.85. The van der Waals surface area contributed by atoms with Crippen LogP contribution in [0.1, 0.15) is 11.1 Å². The molecule has 1 aromatic carbocycles. The van der Waals surface area contributed by atoms with Crippen molar-refractivity contribution in [3.05, 3.63) is 46.7 Å². The third kappa shape index (κ3) is 1.83. The van der Waals surface area contributed by atoms with Crippen molar-refractivity contribution in [3.8, 4) is 0 Å². The summed E-state index contributed by atoms with van der Waals surface area (Å²) in [7, 11) is 4.22. The van der Waals surface area contributed by atoms with E-state index in [1.807, 2.05) is 24.4 Å². The van der Waals surface area contributed by atoms with Gasteiger partial charge in [0.15, 0.2) is 0 Å². The highest BCUT2D eigenvalue weighted by Crippen LogP contribution is 2.22. The summed E-state index contributed by atoms with van der Waals surface area (Å²) in [4.78, 5) is 4.41. The fourth-order valence-electron chi connectivity index (χ4n) is 1.75. The first-order valence-electron chi connectivity index (χ1n) is 4.87. The molecule has 0 saturated heterocycles. The van der Waals surface area contributed by atoms with Crippen LogP contribution in [-0.2, 0) is 0 Å². The summed E-state index contributed by atoms with van der Waals surface area (Å²) in [5, 5.41) is 0.771. The predicted octanol–water partition coefficient (Wildman–Crippen LogP) is 2.96. The maximum Gasteiger partial charge on any atom is 0.239 e. The van der Waals surface area contributed by atoms with Crippen molar-refractivity contribution in [3.63, 3.8) is 0 Å². The van der Waals surface area contributed by atoms with Crippen LogP contribution >= 0.6 is 11.6 Å². The maximum atomic E-state index is 5.93. The van der Waals surface area contributed by atoms with Gasteiger partial charge in [-0.1, -0.05) is 11.6 Å². The molecule has 0 N–H and O–H groups in total. The second-order valence-electron chi connectivity index (χ2n) is 4.25. The van der Waals surface area contributed by atoms with E-state index in [1.165, 1.54) is 0 Å². The van der Waals surface area contributed by atoms with Crippen LogP contribution in [0.25, 0.3) is 0 Å². The molecule has 2 rings (SSSR count). The number of quaternary nitrogens is 1. The molecule has 0 amide bonds. The highest BCUT2D eigenvalue weighted by Gasteiger charge is 2.27.